The Balaban J connectivity index is 1.75. The number of ether oxygens (including phenoxy) is 1. The molecule has 2 aliphatic rings. The van der Waals surface area contributed by atoms with Crippen molar-refractivity contribution in [2.24, 2.45) is 5.92 Å². The van der Waals surface area contributed by atoms with E-state index in [1.807, 2.05) is 11.9 Å². The van der Waals surface area contributed by atoms with Gasteiger partial charge in [-0.25, -0.2) is 0 Å². The topological polar surface area (TPSA) is 44.8 Å². The van der Waals surface area contributed by atoms with Crippen molar-refractivity contribution in [3.63, 3.8) is 0 Å². The van der Waals surface area contributed by atoms with Crippen molar-refractivity contribution >= 4 is 5.91 Å². The quantitative estimate of drug-likeness (QED) is 0.790. The van der Waals surface area contributed by atoms with Crippen LogP contribution in [0.1, 0.15) is 19.8 Å². The Morgan fingerprint density at radius 2 is 2.05 bits per heavy atom. The minimum atomic E-state index is 0.216. The molecule has 0 aromatic carbocycles. The molecule has 0 aromatic heterocycles. The Kier molecular flexibility index (Phi) is 5.60. The summed E-state index contributed by atoms with van der Waals surface area (Å²) in [6.45, 7) is 8.01. The van der Waals surface area contributed by atoms with E-state index in [-0.39, 0.29) is 12.0 Å². The first kappa shape index (κ1) is 14.8. The number of piperidine rings is 1. The number of rotatable bonds is 4. The fourth-order valence-corrected chi connectivity index (χ4v) is 2.82. The number of nitrogens with one attached hydrogen (secondary N) is 1. The first-order chi connectivity index (χ1) is 9.19. The normalized spacial score (nSPS) is 26.6. The van der Waals surface area contributed by atoms with Crippen molar-refractivity contribution in [2.75, 3.05) is 52.9 Å². The number of likely N-dealkylation sites (N-methyl/N-ethyl adjacent to an activating group) is 1. The summed E-state index contributed by atoms with van der Waals surface area (Å²) in [4.78, 5) is 16.5. The molecule has 0 bridgehead atoms. The monoisotopic (exact) mass is 269 g/mol. The van der Waals surface area contributed by atoms with Gasteiger partial charge in [0.1, 0.15) is 0 Å². The molecule has 2 rings (SSSR count). The Morgan fingerprint density at radius 1 is 1.32 bits per heavy atom. The summed E-state index contributed by atoms with van der Waals surface area (Å²) in [5, 5.41) is 3.13. The molecule has 19 heavy (non-hydrogen) atoms. The molecule has 1 atom stereocenters. The zero-order chi connectivity index (χ0) is 13.7. The molecular formula is C14H27N3O2. The third-order valence-corrected chi connectivity index (χ3v) is 4.15. The molecular weight excluding hydrogens is 242 g/mol. The van der Waals surface area contributed by atoms with Crippen LogP contribution in [0.25, 0.3) is 0 Å². The van der Waals surface area contributed by atoms with Crippen molar-refractivity contribution in [3.05, 3.63) is 0 Å². The average Bonchev–Trinajstić information content (AvgIpc) is 2.40. The summed E-state index contributed by atoms with van der Waals surface area (Å²) in [5.41, 5.74) is 0. The van der Waals surface area contributed by atoms with Crippen LogP contribution < -0.4 is 5.32 Å². The van der Waals surface area contributed by atoms with E-state index in [0.717, 1.165) is 58.1 Å². The van der Waals surface area contributed by atoms with Gasteiger partial charge in [0.05, 0.1) is 19.3 Å². The molecule has 0 spiro atoms. The van der Waals surface area contributed by atoms with E-state index < -0.39 is 0 Å². The van der Waals surface area contributed by atoms with Crippen molar-refractivity contribution < 1.29 is 9.53 Å². The van der Waals surface area contributed by atoms with E-state index in [1.165, 1.54) is 0 Å². The van der Waals surface area contributed by atoms with Crippen LogP contribution in [0.5, 0.6) is 0 Å². The van der Waals surface area contributed by atoms with Crippen molar-refractivity contribution in [2.45, 2.75) is 25.9 Å². The first-order valence-corrected chi connectivity index (χ1v) is 7.45. The van der Waals surface area contributed by atoms with E-state index in [9.17, 15) is 4.79 Å². The highest BCUT2D eigenvalue weighted by atomic mass is 16.5. The summed E-state index contributed by atoms with van der Waals surface area (Å²) >= 11 is 0. The second-order valence-electron chi connectivity index (χ2n) is 5.85. The Bertz CT molecular complexity index is 288. The standard InChI is InChI=1S/C14H27N3O2/c1-12-3-5-17(6-4-12)14(18)11-16-7-8-19-13(10-16)9-15-2/h12-13,15H,3-11H2,1-2H3. The molecule has 2 aliphatic heterocycles. The number of nitrogens with zero attached hydrogens (tertiary/aromatic N) is 2. The molecule has 110 valence electrons. The van der Waals surface area contributed by atoms with Crippen LogP contribution in [-0.4, -0.2) is 74.7 Å². The molecule has 1 amide bonds. The lowest BCUT2D eigenvalue weighted by molar-refractivity contribution is -0.135. The molecule has 0 saturated carbocycles. The van der Waals surface area contributed by atoms with Crippen LogP contribution in [-0.2, 0) is 9.53 Å². The molecule has 2 fully saturated rings. The highest BCUT2D eigenvalue weighted by Gasteiger charge is 2.25. The van der Waals surface area contributed by atoms with E-state index in [2.05, 4.69) is 17.1 Å². The highest BCUT2D eigenvalue weighted by molar-refractivity contribution is 5.78. The van der Waals surface area contributed by atoms with Gasteiger partial charge in [0.25, 0.3) is 0 Å². The van der Waals surface area contributed by atoms with E-state index in [1.54, 1.807) is 0 Å². The Hall–Kier alpha value is -0.650. The maximum atomic E-state index is 12.3. The highest BCUT2D eigenvalue weighted by Crippen LogP contribution is 2.16. The molecule has 2 saturated heterocycles. The van der Waals surface area contributed by atoms with Gasteiger partial charge in [-0.3, -0.25) is 9.69 Å². The van der Waals surface area contributed by atoms with E-state index in [0.29, 0.717) is 6.54 Å². The van der Waals surface area contributed by atoms with Crippen LogP contribution in [0.3, 0.4) is 0 Å². The van der Waals surface area contributed by atoms with Crippen LogP contribution >= 0.6 is 0 Å². The number of hydrogen-bond donors (Lipinski definition) is 1. The molecule has 5 nitrogen and oxygen atoms in total. The SMILES string of the molecule is CNCC1CN(CC(=O)N2CCC(C)CC2)CCO1. The number of hydrogen-bond acceptors (Lipinski definition) is 4. The molecule has 0 aliphatic carbocycles. The predicted octanol–water partition coefficient (Wildman–Crippen LogP) is 0.165. The van der Waals surface area contributed by atoms with Gasteiger partial charge in [0, 0.05) is 32.7 Å². The summed E-state index contributed by atoms with van der Waals surface area (Å²) in [6, 6.07) is 0. The summed E-state index contributed by atoms with van der Waals surface area (Å²) in [7, 11) is 1.93. The molecule has 5 heteroatoms. The summed E-state index contributed by atoms with van der Waals surface area (Å²) in [6.07, 6.45) is 2.52. The van der Waals surface area contributed by atoms with E-state index >= 15 is 0 Å². The largest absolute Gasteiger partial charge is 0.374 e. The zero-order valence-electron chi connectivity index (χ0n) is 12.2. The number of carbonyl (C=O) groups is 1. The van der Waals surface area contributed by atoms with Gasteiger partial charge in [0.15, 0.2) is 0 Å². The molecule has 0 aromatic rings. The van der Waals surface area contributed by atoms with Gasteiger partial charge in [-0.1, -0.05) is 6.92 Å². The lowest BCUT2D eigenvalue weighted by atomic mass is 9.99. The lowest BCUT2D eigenvalue weighted by Crippen LogP contribution is -2.50. The molecule has 1 N–H and O–H groups in total. The number of morpholine rings is 1. The number of carbonyl (C=O) groups excluding carboxylic acids is 1. The maximum Gasteiger partial charge on any atom is 0.236 e. The number of amides is 1. The minimum absolute atomic E-state index is 0.216. The van der Waals surface area contributed by atoms with Gasteiger partial charge >= 0.3 is 0 Å². The Morgan fingerprint density at radius 3 is 2.74 bits per heavy atom. The van der Waals surface area contributed by atoms with Gasteiger partial charge in [-0.2, -0.15) is 0 Å². The molecule has 2 heterocycles. The van der Waals surface area contributed by atoms with Crippen LogP contribution in [0.4, 0.5) is 0 Å². The van der Waals surface area contributed by atoms with Gasteiger partial charge < -0.3 is 15.0 Å². The lowest BCUT2D eigenvalue weighted by Gasteiger charge is -2.35. The van der Waals surface area contributed by atoms with E-state index in [4.69, 9.17) is 4.74 Å². The second kappa shape index (κ2) is 7.22. The van der Waals surface area contributed by atoms with Gasteiger partial charge in [-0.05, 0) is 25.8 Å². The third-order valence-electron chi connectivity index (χ3n) is 4.15. The van der Waals surface area contributed by atoms with Crippen molar-refractivity contribution in [1.29, 1.82) is 0 Å². The fourth-order valence-electron chi connectivity index (χ4n) is 2.82. The van der Waals surface area contributed by atoms with Crippen molar-refractivity contribution in [3.8, 4) is 0 Å². The minimum Gasteiger partial charge on any atom is -0.374 e. The first-order valence-electron chi connectivity index (χ1n) is 7.45. The van der Waals surface area contributed by atoms with Crippen molar-refractivity contribution in [1.82, 2.24) is 15.1 Å². The van der Waals surface area contributed by atoms with Gasteiger partial charge in [0.2, 0.25) is 5.91 Å². The predicted molar refractivity (Wildman–Crippen MR) is 75.1 cm³/mol. The molecule has 1 unspecified atom stereocenters. The number of likely N-dealkylation sites (tertiary alicyclic amines) is 1. The van der Waals surface area contributed by atoms with Crippen LogP contribution in [0.15, 0.2) is 0 Å². The average molecular weight is 269 g/mol. The summed E-state index contributed by atoms with van der Waals surface area (Å²) in [5.74, 6) is 1.06. The second-order valence-corrected chi connectivity index (χ2v) is 5.85. The van der Waals surface area contributed by atoms with Crippen LogP contribution in [0.2, 0.25) is 0 Å². The third kappa shape index (κ3) is 4.44. The molecule has 0 radical (unpaired) electrons. The fraction of sp³-hybridized carbons (Fsp3) is 0.929. The smallest absolute Gasteiger partial charge is 0.236 e. The maximum absolute atomic E-state index is 12.3. The Labute approximate surface area is 116 Å². The van der Waals surface area contributed by atoms with Crippen LogP contribution in [0, 0.1) is 5.92 Å². The zero-order valence-corrected chi connectivity index (χ0v) is 12.2. The van der Waals surface area contributed by atoms with Gasteiger partial charge in [-0.15, -0.1) is 0 Å². The summed E-state index contributed by atoms with van der Waals surface area (Å²) < 4.78 is 5.66.